The fourth-order valence-corrected chi connectivity index (χ4v) is 3.46. The van der Waals surface area contributed by atoms with E-state index in [0.717, 1.165) is 17.3 Å². The summed E-state index contributed by atoms with van der Waals surface area (Å²) < 4.78 is 1.25. The maximum Gasteiger partial charge on any atom is 0.330 e. The highest BCUT2D eigenvalue weighted by Crippen LogP contribution is 2.20. The van der Waals surface area contributed by atoms with Gasteiger partial charge in [-0.05, 0) is 18.6 Å². The van der Waals surface area contributed by atoms with Crippen LogP contribution in [0.25, 0.3) is 0 Å². The van der Waals surface area contributed by atoms with Crippen LogP contribution < -0.4 is 21.9 Å². The van der Waals surface area contributed by atoms with Crippen LogP contribution in [0.4, 0.5) is 11.5 Å². The minimum Gasteiger partial charge on any atom is -0.383 e. The first kappa shape index (κ1) is 20.3. The van der Waals surface area contributed by atoms with Crippen LogP contribution in [0, 0.1) is 0 Å². The molecular weight excluding hydrogens is 392 g/mol. The molecule has 0 spiro atoms. The van der Waals surface area contributed by atoms with Crippen molar-refractivity contribution in [2.24, 2.45) is 0 Å². The number of nitrogens with zero attached hydrogens (tertiary/aromatic N) is 4. The summed E-state index contributed by atoms with van der Waals surface area (Å²) in [6.45, 7) is 2.12. The molecule has 2 aromatic heterocycles. The van der Waals surface area contributed by atoms with Crippen molar-refractivity contribution < 1.29 is 4.79 Å². The molecular formula is C19H20N6O3S. The minimum atomic E-state index is -0.701. The molecule has 0 radical (unpaired) electrons. The number of anilines is 2. The fourth-order valence-electron chi connectivity index (χ4n) is 2.78. The van der Waals surface area contributed by atoms with Gasteiger partial charge >= 0.3 is 5.69 Å². The highest BCUT2D eigenvalue weighted by molar-refractivity contribution is 7.99. The average Bonchev–Trinajstić information content (AvgIpc) is 2.74. The molecule has 0 aliphatic rings. The molecule has 1 amide bonds. The second-order valence-corrected chi connectivity index (χ2v) is 6.97. The maximum absolute atomic E-state index is 12.8. The quantitative estimate of drug-likeness (QED) is 0.439. The number of H-pyrrole nitrogens is 1. The smallest absolute Gasteiger partial charge is 0.330 e. The molecule has 0 saturated heterocycles. The standard InChI is InChI=1S/C19H20N6O3S/c1-2-24(14(26)12-29-18-21-9-6-10-22-18)15-16(20)25(19(28)23-17(15)27)11-13-7-4-3-5-8-13/h3-10H,2,11-12,20H2,1H3,(H,23,27,28). The molecule has 150 valence electrons. The van der Waals surface area contributed by atoms with E-state index in [1.54, 1.807) is 25.4 Å². The lowest BCUT2D eigenvalue weighted by atomic mass is 10.2. The van der Waals surface area contributed by atoms with Gasteiger partial charge in [0.1, 0.15) is 5.82 Å². The summed E-state index contributed by atoms with van der Waals surface area (Å²) >= 11 is 1.15. The summed E-state index contributed by atoms with van der Waals surface area (Å²) in [7, 11) is 0. The van der Waals surface area contributed by atoms with Crippen molar-refractivity contribution in [1.82, 2.24) is 19.5 Å². The third-order valence-corrected chi connectivity index (χ3v) is 5.01. The SMILES string of the molecule is CCN(C(=O)CSc1ncccn1)c1c(N)n(Cc2ccccc2)c(=O)[nH]c1=O. The monoisotopic (exact) mass is 412 g/mol. The summed E-state index contributed by atoms with van der Waals surface area (Å²) in [5, 5.41) is 0.452. The molecule has 0 unspecified atom stereocenters. The number of thioether (sulfide) groups is 1. The molecule has 2 heterocycles. The summed E-state index contributed by atoms with van der Waals surface area (Å²) in [6, 6.07) is 10.9. The van der Waals surface area contributed by atoms with Crippen LogP contribution in [-0.2, 0) is 11.3 Å². The molecule has 0 atom stereocenters. The molecule has 0 saturated carbocycles. The molecule has 29 heavy (non-hydrogen) atoms. The third kappa shape index (κ3) is 4.72. The van der Waals surface area contributed by atoms with Crippen molar-refractivity contribution in [3.05, 3.63) is 75.2 Å². The predicted molar refractivity (Wildman–Crippen MR) is 112 cm³/mol. The third-order valence-electron chi connectivity index (χ3n) is 4.15. The van der Waals surface area contributed by atoms with Gasteiger partial charge in [-0.1, -0.05) is 42.1 Å². The molecule has 9 nitrogen and oxygen atoms in total. The van der Waals surface area contributed by atoms with Crippen molar-refractivity contribution in [3.63, 3.8) is 0 Å². The van der Waals surface area contributed by atoms with Gasteiger partial charge in [-0.2, -0.15) is 0 Å². The van der Waals surface area contributed by atoms with E-state index in [1.165, 1.54) is 9.47 Å². The number of aromatic amines is 1. The molecule has 3 aromatic rings. The van der Waals surface area contributed by atoms with Crippen molar-refractivity contribution in [2.45, 2.75) is 18.6 Å². The number of amides is 1. The number of carbonyl (C=O) groups excluding carboxylic acids is 1. The van der Waals surface area contributed by atoms with Crippen LogP contribution in [0.2, 0.25) is 0 Å². The zero-order valence-corrected chi connectivity index (χ0v) is 16.6. The van der Waals surface area contributed by atoms with Gasteiger partial charge in [-0.3, -0.25) is 19.1 Å². The van der Waals surface area contributed by atoms with Crippen LogP contribution in [-0.4, -0.2) is 37.7 Å². The van der Waals surface area contributed by atoms with Crippen LogP contribution >= 0.6 is 11.8 Å². The van der Waals surface area contributed by atoms with Gasteiger partial charge in [0.05, 0.1) is 12.3 Å². The number of nitrogen functional groups attached to an aromatic ring is 1. The van der Waals surface area contributed by atoms with Gasteiger partial charge in [0.15, 0.2) is 10.8 Å². The Morgan fingerprint density at radius 1 is 1.17 bits per heavy atom. The largest absolute Gasteiger partial charge is 0.383 e. The van der Waals surface area contributed by atoms with Gasteiger partial charge in [-0.25, -0.2) is 14.8 Å². The van der Waals surface area contributed by atoms with Crippen LogP contribution in [0.15, 0.2) is 63.5 Å². The first-order valence-electron chi connectivity index (χ1n) is 8.88. The number of rotatable bonds is 7. The Balaban J connectivity index is 1.90. The van der Waals surface area contributed by atoms with E-state index in [1.807, 2.05) is 30.3 Å². The van der Waals surface area contributed by atoms with Crippen molar-refractivity contribution in [2.75, 3.05) is 22.9 Å². The lowest BCUT2D eigenvalue weighted by Crippen LogP contribution is -2.41. The van der Waals surface area contributed by atoms with Crippen LogP contribution in [0.1, 0.15) is 12.5 Å². The number of hydrogen-bond acceptors (Lipinski definition) is 7. The first-order chi connectivity index (χ1) is 14.0. The molecule has 0 aliphatic heterocycles. The Morgan fingerprint density at radius 3 is 2.52 bits per heavy atom. The van der Waals surface area contributed by atoms with Gasteiger partial charge in [0.2, 0.25) is 5.91 Å². The maximum atomic E-state index is 12.8. The van der Waals surface area contributed by atoms with Gasteiger partial charge < -0.3 is 10.6 Å². The second kappa shape index (κ2) is 9.20. The molecule has 0 bridgehead atoms. The molecule has 10 heteroatoms. The Kier molecular flexibility index (Phi) is 6.45. The summed E-state index contributed by atoms with van der Waals surface area (Å²) in [5.74, 6) is -0.375. The highest BCUT2D eigenvalue weighted by Gasteiger charge is 2.23. The van der Waals surface area contributed by atoms with Crippen molar-refractivity contribution in [1.29, 1.82) is 0 Å². The fraction of sp³-hybridized carbons (Fsp3) is 0.211. The number of carbonyl (C=O) groups is 1. The Morgan fingerprint density at radius 2 is 1.86 bits per heavy atom. The predicted octanol–water partition coefficient (Wildman–Crippen LogP) is 1.10. The minimum absolute atomic E-state index is 0.0224. The zero-order valence-electron chi connectivity index (χ0n) is 15.7. The van der Waals surface area contributed by atoms with Gasteiger partial charge in [0, 0.05) is 18.9 Å². The Labute approximate surface area is 170 Å². The van der Waals surface area contributed by atoms with E-state index in [4.69, 9.17) is 5.73 Å². The number of nitrogens with two attached hydrogens (primary N) is 1. The molecule has 0 aliphatic carbocycles. The molecule has 3 rings (SSSR count). The van der Waals surface area contributed by atoms with Crippen molar-refractivity contribution in [3.8, 4) is 0 Å². The van der Waals surface area contributed by atoms with E-state index in [-0.39, 0.29) is 36.3 Å². The van der Waals surface area contributed by atoms with E-state index in [9.17, 15) is 14.4 Å². The Hall–Kier alpha value is -3.40. The van der Waals surface area contributed by atoms with E-state index < -0.39 is 11.2 Å². The highest BCUT2D eigenvalue weighted by atomic mass is 32.2. The second-order valence-electron chi connectivity index (χ2n) is 6.02. The van der Waals surface area contributed by atoms with Gasteiger partial charge in [0.25, 0.3) is 5.56 Å². The topological polar surface area (TPSA) is 127 Å². The summed E-state index contributed by atoms with van der Waals surface area (Å²) in [6.07, 6.45) is 3.17. The zero-order chi connectivity index (χ0) is 20.8. The lowest BCUT2D eigenvalue weighted by Gasteiger charge is -2.23. The summed E-state index contributed by atoms with van der Waals surface area (Å²) in [5.41, 5.74) is 5.64. The van der Waals surface area contributed by atoms with Crippen molar-refractivity contribution >= 4 is 29.2 Å². The van der Waals surface area contributed by atoms with E-state index in [2.05, 4.69) is 15.0 Å². The molecule has 0 fully saturated rings. The van der Waals surface area contributed by atoms with Gasteiger partial charge in [-0.15, -0.1) is 0 Å². The molecule has 3 N–H and O–H groups in total. The summed E-state index contributed by atoms with van der Waals surface area (Å²) in [4.78, 5) is 49.2. The van der Waals surface area contributed by atoms with Crippen LogP contribution in [0.5, 0.6) is 0 Å². The number of nitrogens with one attached hydrogen (secondary N) is 1. The normalized spacial score (nSPS) is 10.7. The number of hydrogen-bond donors (Lipinski definition) is 2. The molecule has 1 aromatic carbocycles. The first-order valence-corrected chi connectivity index (χ1v) is 9.86. The Bertz CT molecular complexity index is 1100. The van der Waals surface area contributed by atoms with E-state index >= 15 is 0 Å². The van der Waals surface area contributed by atoms with E-state index in [0.29, 0.717) is 5.16 Å². The number of aromatic nitrogens is 4. The average molecular weight is 412 g/mol. The number of benzene rings is 1. The van der Waals surface area contributed by atoms with Crippen LogP contribution in [0.3, 0.4) is 0 Å². The lowest BCUT2D eigenvalue weighted by molar-refractivity contribution is -0.116.